The summed E-state index contributed by atoms with van der Waals surface area (Å²) in [6, 6.07) is 21.5. The van der Waals surface area contributed by atoms with Crippen LogP contribution in [0.1, 0.15) is 28.9 Å². The molecule has 1 heterocycles. The second kappa shape index (κ2) is 9.32. The van der Waals surface area contributed by atoms with Crippen LogP contribution in [0.15, 0.2) is 83.8 Å². The second-order valence-corrected chi connectivity index (χ2v) is 11.3. The molecule has 1 aliphatic carbocycles. The van der Waals surface area contributed by atoms with E-state index in [2.05, 4.69) is 9.82 Å². The molecule has 196 valence electrons. The van der Waals surface area contributed by atoms with Crippen molar-refractivity contribution in [2.24, 2.45) is 0 Å². The van der Waals surface area contributed by atoms with Crippen LogP contribution in [0.25, 0.3) is 33.7 Å². The zero-order valence-electron chi connectivity index (χ0n) is 21.5. The van der Waals surface area contributed by atoms with E-state index in [-0.39, 0.29) is 16.4 Å². The van der Waals surface area contributed by atoms with Gasteiger partial charge in [0.2, 0.25) is 0 Å². The van der Waals surface area contributed by atoms with E-state index in [4.69, 9.17) is 0 Å². The Bertz CT molecular complexity index is 1890. The number of aryl methyl sites for hydroxylation is 2. The number of hydrogen-bond donors (Lipinski definition) is 3. The lowest BCUT2D eigenvalue weighted by atomic mass is 9.88. The number of anilines is 1. The Hall–Kier alpha value is -4.56. The second-order valence-electron chi connectivity index (χ2n) is 9.69. The SMILES string of the molecule is Cc1nn(-c2ccccc2)c(C)c1S(=O)(=O)Nc1cc(-c2c(O)ccc3c2C=CCC3)c(O)c2ccccc12. The summed E-state index contributed by atoms with van der Waals surface area (Å²) < 4.78 is 32.1. The fourth-order valence-electron chi connectivity index (χ4n) is 5.45. The molecule has 0 radical (unpaired) electrons. The number of sulfonamides is 1. The summed E-state index contributed by atoms with van der Waals surface area (Å²) in [5, 5.41) is 27.8. The van der Waals surface area contributed by atoms with E-state index in [0.29, 0.717) is 39.0 Å². The third-order valence-corrected chi connectivity index (χ3v) is 8.82. The summed E-state index contributed by atoms with van der Waals surface area (Å²) in [6.07, 6.45) is 5.68. The highest BCUT2D eigenvalue weighted by atomic mass is 32.2. The van der Waals surface area contributed by atoms with E-state index in [1.54, 1.807) is 54.9 Å². The van der Waals surface area contributed by atoms with E-state index in [1.807, 2.05) is 48.6 Å². The minimum absolute atomic E-state index is 0.00974. The zero-order chi connectivity index (χ0) is 27.3. The first-order chi connectivity index (χ1) is 18.8. The number of para-hydroxylation sites is 1. The van der Waals surface area contributed by atoms with Gasteiger partial charge in [-0.3, -0.25) is 4.72 Å². The number of fused-ring (bicyclic) bond motifs is 2. The fourth-order valence-corrected chi connectivity index (χ4v) is 6.92. The van der Waals surface area contributed by atoms with E-state index in [1.165, 1.54) is 0 Å². The molecule has 0 spiro atoms. The van der Waals surface area contributed by atoms with Gasteiger partial charge in [-0.05, 0) is 62.1 Å². The maximum atomic E-state index is 13.9. The Labute approximate surface area is 226 Å². The number of nitrogens with zero attached hydrogens (tertiary/aromatic N) is 2. The molecule has 3 N–H and O–H groups in total. The molecule has 1 aliphatic rings. The number of phenols is 2. The molecule has 6 rings (SSSR count). The third-order valence-electron chi connectivity index (χ3n) is 7.20. The maximum Gasteiger partial charge on any atom is 0.265 e. The number of nitrogens with one attached hydrogen (secondary N) is 1. The summed E-state index contributed by atoms with van der Waals surface area (Å²) in [7, 11) is -4.08. The number of aromatic hydroxyl groups is 2. The van der Waals surface area contributed by atoms with Crippen molar-refractivity contribution < 1.29 is 18.6 Å². The number of hydrogen-bond acceptors (Lipinski definition) is 5. The molecule has 0 bridgehead atoms. The fraction of sp³-hybridized carbons (Fsp3) is 0.129. The molecular weight excluding hydrogens is 510 g/mol. The zero-order valence-corrected chi connectivity index (χ0v) is 22.3. The van der Waals surface area contributed by atoms with Crippen molar-refractivity contribution in [1.29, 1.82) is 0 Å². The molecule has 0 fully saturated rings. The number of allylic oxidation sites excluding steroid dienone is 1. The average Bonchev–Trinajstić information content (AvgIpc) is 3.25. The maximum absolute atomic E-state index is 13.9. The lowest BCUT2D eigenvalue weighted by Crippen LogP contribution is -2.15. The van der Waals surface area contributed by atoms with Gasteiger partial charge in [0.05, 0.1) is 22.8 Å². The molecule has 0 saturated carbocycles. The van der Waals surface area contributed by atoms with Gasteiger partial charge in [0.25, 0.3) is 10.0 Å². The van der Waals surface area contributed by atoms with Crippen LogP contribution >= 0.6 is 0 Å². The Balaban J connectivity index is 1.53. The number of rotatable bonds is 5. The molecule has 0 unspecified atom stereocenters. The first-order valence-corrected chi connectivity index (χ1v) is 14.2. The smallest absolute Gasteiger partial charge is 0.265 e. The molecule has 4 aromatic carbocycles. The van der Waals surface area contributed by atoms with Crippen LogP contribution in [-0.2, 0) is 16.4 Å². The molecule has 0 saturated heterocycles. The molecule has 0 atom stereocenters. The van der Waals surface area contributed by atoms with E-state index in [9.17, 15) is 18.6 Å². The summed E-state index contributed by atoms with van der Waals surface area (Å²) >= 11 is 0. The predicted molar refractivity (Wildman–Crippen MR) is 154 cm³/mol. The van der Waals surface area contributed by atoms with Gasteiger partial charge in [0.15, 0.2) is 0 Å². The summed E-state index contributed by atoms with van der Waals surface area (Å²) in [5.41, 5.74) is 4.59. The minimum atomic E-state index is -4.08. The van der Waals surface area contributed by atoms with E-state index >= 15 is 0 Å². The van der Waals surface area contributed by atoms with Crippen molar-refractivity contribution in [3.05, 3.63) is 101 Å². The summed E-state index contributed by atoms with van der Waals surface area (Å²) in [5.74, 6) is -0.0176. The van der Waals surface area contributed by atoms with Crippen molar-refractivity contribution >= 4 is 32.6 Å². The topological polar surface area (TPSA) is 104 Å². The van der Waals surface area contributed by atoms with Crippen molar-refractivity contribution in [3.63, 3.8) is 0 Å². The monoisotopic (exact) mass is 537 g/mol. The van der Waals surface area contributed by atoms with Gasteiger partial charge in [0, 0.05) is 21.9 Å². The van der Waals surface area contributed by atoms with Gasteiger partial charge in [-0.25, -0.2) is 13.1 Å². The standard InChI is InChI=1S/C31H27N3O4S/c1-19-31(20(2)34(32-19)22-11-4-3-5-12-22)39(37,38)33-27-18-26(30(36)25-15-9-8-14-24(25)27)29-23-13-7-6-10-21(23)16-17-28(29)35/h3-5,7-9,11-18,33,35-36H,6,10H2,1-2H3. The largest absolute Gasteiger partial charge is 0.507 e. The summed E-state index contributed by atoms with van der Waals surface area (Å²) in [4.78, 5) is 0.0907. The Morgan fingerprint density at radius 1 is 0.923 bits per heavy atom. The van der Waals surface area contributed by atoms with Crippen molar-refractivity contribution in [2.75, 3.05) is 4.72 Å². The highest BCUT2D eigenvalue weighted by Gasteiger charge is 2.27. The highest BCUT2D eigenvalue weighted by molar-refractivity contribution is 7.92. The molecule has 8 heteroatoms. The van der Waals surface area contributed by atoms with Gasteiger partial charge in [-0.2, -0.15) is 5.10 Å². The van der Waals surface area contributed by atoms with Crippen LogP contribution in [0.2, 0.25) is 0 Å². The third kappa shape index (κ3) is 4.13. The Kier molecular flexibility index (Phi) is 5.92. The normalized spacial score (nSPS) is 13.0. The highest BCUT2D eigenvalue weighted by Crippen LogP contribution is 2.46. The lowest BCUT2D eigenvalue weighted by molar-refractivity contribution is 0.471. The molecule has 5 aromatic rings. The van der Waals surface area contributed by atoms with Gasteiger partial charge in [-0.1, -0.05) is 60.7 Å². The molecule has 7 nitrogen and oxygen atoms in total. The van der Waals surface area contributed by atoms with Crippen LogP contribution in [0.4, 0.5) is 5.69 Å². The van der Waals surface area contributed by atoms with Crippen LogP contribution < -0.4 is 4.72 Å². The molecular formula is C31H27N3O4S. The molecule has 0 amide bonds. The summed E-state index contributed by atoms with van der Waals surface area (Å²) in [6.45, 7) is 3.39. The van der Waals surface area contributed by atoms with Crippen LogP contribution in [-0.4, -0.2) is 28.4 Å². The van der Waals surface area contributed by atoms with Crippen LogP contribution in [0.5, 0.6) is 11.5 Å². The molecule has 0 aliphatic heterocycles. The van der Waals surface area contributed by atoms with Gasteiger partial charge >= 0.3 is 0 Å². The first-order valence-electron chi connectivity index (χ1n) is 12.7. The Morgan fingerprint density at radius 3 is 2.41 bits per heavy atom. The molecule has 1 aromatic heterocycles. The van der Waals surface area contributed by atoms with E-state index < -0.39 is 10.0 Å². The van der Waals surface area contributed by atoms with E-state index in [0.717, 1.165) is 29.7 Å². The number of aromatic nitrogens is 2. The average molecular weight is 538 g/mol. The lowest BCUT2D eigenvalue weighted by Gasteiger charge is -2.20. The minimum Gasteiger partial charge on any atom is -0.507 e. The van der Waals surface area contributed by atoms with Gasteiger partial charge in [-0.15, -0.1) is 0 Å². The predicted octanol–water partition coefficient (Wildman–Crippen LogP) is 6.48. The van der Waals surface area contributed by atoms with Gasteiger partial charge < -0.3 is 10.2 Å². The van der Waals surface area contributed by atoms with Crippen molar-refractivity contribution in [1.82, 2.24) is 9.78 Å². The van der Waals surface area contributed by atoms with Crippen LogP contribution in [0.3, 0.4) is 0 Å². The number of phenolic OH excluding ortho intramolecular Hbond substituents is 2. The Morgan fingerprint density at radius 2 is 1.64 bits per heavy atom. The first kappa shape index (κ1) is 24.8. The van der Waals surface area contributed by atoms with Gasteiger partial charge in [0.1, 0.15) is 16.4 Å². The van der Waals surface area contributed by atoms with Crippen molar-refractivity contribution in [3.8, 4) is 28.3 Å². The van der Waals surface area contributed by atoms with Crippen LogP contribution in [0, 0.1) is 13.8 Å². The number of benzene rings is 4. The quantitative estimate of drug-likeness (QED) is 0.223. The van der Waals surface area contributed by atoms with Crippen molar-refractivity contribution in [2.45, 2.75) is 31.6 Å². The molecule has 39 heavy (non-hydrogen) atoms.